The summed E-state index contributed by atoms with van der Waals surface area (Å²) in [5.74, 6) is 0.525. The van der Waals surface area contributed by atoms with Gasteiger partial charge in [0.2, 0.25) is 0 Å². The first-order valence-electron chi connectivity index (χ1n) is 9.77. The number of allylic oxidation sites excluding steroid dienone is 1. The van der Waals surface area contributed by atoms with Crippen molar-refractivity contribution in [2.45, 2.75) is 19.3 Å². The number of rotatable bonds is 5. The lowest BCUT2D eigenvalue weighted by atomic mass is 9.87. The topological polar surface area (TPSA) is 6.48 Å². The summed E-state index contributed by atoms with van der Waals surface area (Å²) < 4.78 is 13.1. The van der Waals surface area contributed by atoms with Crippen LogP contribution in [-0.2, 0) is 6.42 Å². The third kappa shape index (κ3) is 4.16. The smallest absolute Gasteiger partial charge is 0.123 e. The zero-order chi connectivity index (χ0) is 17.8. The first-order valence-corrected chi connectivity index (χ1v) is 9.77. The van der Waals surface area contributed by atoms with E-state index < -0.39 is 0 Å². The van der Waals surface area contributed by atoms with Gasteiger partial charge in [0.05, 0.1) is 0 Å². The Labute approximate surface area is 155 Å². The predicted octanol–water partition coefficient (Wildman–Crippen LogP) is 4.61. The number of piperazine rings is 1. The van der Waals surface area contributed by atoms with E-state index in [9.17, 15) is 4.39 Å². The second-order valence-electron chi connectivity index (χ2n) is 7.47. The molecule has 0 saturated carbocycles. The summed E-state index contributed by atoms with van der Waals surface area (Å²) in [4.78, 5) is 4.93. The minimum Gasteiger partial charge on any atom is -0.369 e. The van der Waals surface area contributed by atoms with Gasteiger partial charge in [0.1, 0.15) is 5.82 Å². The fraction of sp³-hybridized carbons (Fsp3) is 0.391. The van der Waals surface area contributed by atoms with Gasteiger partial charge < -0.3 is 4.90 Å². The van der Waals surface area contributed by atoms with Gasteiger partial charge in [-0.05, 0) is 67.1 Å². The largest absolute Gasteiger partial charge is 0.369 e. The highest BCUT2D eigenvalue weighted by Gasteiger charge is 2.18. The number of fused-ring (bicyclic) bond motifs is 1. The molecule has 2 aromatic rings. The van der Waals surface area contributed by atoms with Gasteiger partial charge >= 0.3 is 0 Å². The summed E-state index contributed by atoms with van der Waals surface area (Å²) in [6.07, 6.45) is 8.40. The van der Waals surface area contributed by atoms with Crippen LogP contribution in [0, 0.1) is 11.7 Å². The van der Waals surface area contributed by atoms with Gasteiger partial charge in [-0.3, -0.25) is 4.90 Å². The summed E-state index contributed by atoms with van der Waals surface area (Å²) >= 11 is 0. The standard InChI is InChI=1S/C23H27FN2/c24-22-9-11-23(12-10-22)26-16-14-25(15-17-26)13-3-4-19-7-8-20-5-1-2-6-21(20)18-19/h1-2,5-12,19H,3-4,13-18H2. The number of hydrogen-bond acceptors (Lipinski definition) is 2. The highest BCUT2D eigenvalue weighted by Crippen LogP contribution is 2.25. The van der Waals surface area contributed by atoms with Crippen LogP contribution in [0.15, 0.2) is 54.6 Å². The molecule has 3 heteroatoms. The van der Waals surface area contributed by atoms with E-state index >= 15 is 0 Å². The van der Waals surface area contributed by atoms with Crippen molar-refractivity contribution < 1.29 is 4.39 Å². The highest BCUT2D eigenvalue weighted by atomic mass is 19.1. The third-order valence-corrected chi connectivity index (χ3v) is 5.70. The van der Waals surface area contributed by atoms with Crippen LogP contribution in [0.5, 0.6) is 0 Å². The van der Waals surface area contributed by atoms with Crippen molar-refractivity contribution in [2.75, 3.05) is 37.6 Å². The van der Waals surface area contributed by atoms with Gasteiger partial charge in [-0.15, -0.1) is 0 Å². The average Bonchev–Trinajstić information content (AvgIpc) is 2.69. The van der Waals surface area contributed by atoms with Gasteiger partial charge in [0.25, 0.3) is 0 Å². The molecule has 1 atom stereocenters. The van der Waals surface area contributed by atoms with E-state index in [0.29, 0.717) is 5.92 Å². The van der Waals surface area contributed by atoms with Crippen LogP contribution < -0.4 is 4.90 Å². The Bertz CT molecular complexity index is 745. The Hall–Kier alpha value is -2.13. The summed E-state index contributed by atoms with van der Waals surface area (Å²) in [6.45, 7) is 5.44. The molecular formula is C23H27FN2. The summed E-state index contributed by atoms with van der Waals surface area (Å²) in [5.41, 5.74) is 4.02. The molecule has 1 aliphatic heterocycles. The molecule has 0 spiro atoms. The fourth-order valence-corrected chi connectivity index (χ4v) is 4.13. The molecule has 0 amide bonds. The molecule has 1 heterocycles. The number of benzene rings is 2. The quantitative estimate of drug-likeness (QED) is 0.777. The van der Waals surface area contributed by atoms with Crippen molar-refractivity contribution >= 4 is 11.8 Å². The maximum absolute atomic E-state index is 13.1. The molecule has 4 rings (SSSR count). The van der Waals surface area contributed by atoms with Crippen molar-refractivity contribution in [3.63, 3.8) is 0 Å². The second-order valence-corrected chi connectivity index (χ2v) is 7.47. The number of hydrogen-bond donors (Lipinski definition) is 0. The average molecular weight is 350 g/mol. The maximum atomic E-state index is 13.1. The van der Waals surface area contributed by atoms with Crippen LogP contribution in [-0.4, -0.2) is 37.6 Å². The lowest BCUT2D eigenvalue weighted by Gasteiger charge is -2.36. The van der Waals surface area contributed by atoms with E-state index in [0.717, 1.165) is 31.9 Å². The minimum absolute atomic E-state index is 0.160. The van der Waals surface area contributed by atoms with Gasteiger partial charge in [-0.1, -0.05) is 36.4 Å². The molecule has 1 aliphatic carbocycles. The van der Waals surface area contributed by atoms with E-state index in [2.05, 4.69) is 46.2 Å². The van der Waals surface area contributed by atoms with Crippen LogP contribution in [0.25, 0.3) is 6.08 Å². The summed E-state index contributed by atoms with van der Waals surface area (Å²) in [7, 11) is 0. The zero-order valence-electron chi connectivity index (χ0n) is 15.3. The van der Waals surface area contributed by atoms with Crippen LogP contribution in [0.3, 0.4) is 0 Å². The van der Waals surface area contributed by atoms with Gasteiger partial charge in [-0.25, -0.2) is 4.39 Å². The lowest BCUT2D eigenvalue weighted by molar-refractivity contribution is 0.249. The maximum Gasteiger partial charge on any atom is 0.123 e. The molecule has 136 valence electrons. The normalized spacial score (nSPS) is 20.2. The van der Waals surface area contributed by atoms with E-state index in [1.807, 2.05) is 12.1 Å². The zero-order valence-corrected chi connectivity index (χ0v) is 15.3. The Morgan fingerprint density at radius 3 is 2.50 bits per heavy atom. The van der Waals surface area contributed by atoms with Crippen molar-refractivity contribution in [3.05, 3.63) is 71.6 Å². The van der Waals surface area contributed by atoms with Crippen molar-refractivity contribution in [1.82, 2.24) is 4.90 Å². The number of halogens is 1. The molecule has 2 aliphatic rings. The summed E-state index contributed by atoms with van der Waals surface area (Å²) in [5, 5.41) is 0. The van der Waals surface area contributed by atoms with Gasteiger partial charge in [0, 0.05) is 31.9 Å². The first-order chi connectivity index (χ1) is 12.8. The molecule has 2 aromatic carbocycles. The van der Waals surface area contributed by atoms with Crippen LogP contribution in [0.1, 0.15) is 24.0 Å². The van der Waals surface area contributed by atoms with E-state index in [-0.39, 0.29) is 5.82 Å². The fourth-order valence-electron chi connectivity index (χ4n) is 4.13. The summed E-state index contributed by atoms with van der Waals surface area (Å²) in [6, 6.07) is 15.6. The monoisotopic (exact) mass is 350 g/mol. The molecule has 2 nitrogen and oxygen atoms in total. The Morgan fingerprint density at radius 1 is 0.923 bits per heavy atom. The highest BCUT2D eigenvalue weighted by molar-refractivity contribution is 5.56. The van der Waals surface area contributed by atoms with Crippen LogP contribution in [0.2, 0.25) is 0 Å². The van der Waals surface area contributed by atoms with Crippen LogP contribution in [0.4, 0.5) is 10.1 Å². The molecule has 1 fully saturated rings. The lowest BCUT2D eigenvalue weighted by Crippen LogP contribution is -2.46. The van der Waals surface area contributed by atoms with Crippen molar-refractivity contribution in [2.24, 2.45) is 5.92 Å². The molecule has 0 bridgehead atoms. The SMILES string of the molecule is Fc1ccc(N2CCN(CCCC3C=Cc4ccccc4C3)CC2)cc1. The first kappa shape index (κ1) is 17.3. The van der Waals surface area contributed by atoms with Crippen LogP contribution >= 0.6 is 0 Å². The Kier molecular flexibility index (Phi) is 5.35. The van der Waals surface area contributed by atoms with E-state index in [4.69, 9.17) is 0 Å². The van der Waals surface area contributed by atoms with Gasteiger partial charge in [-0.2, -0.15) is 0 Å². The molecule has 1 saturated heterocycles. The Balaban J connectivity index is 1.19. The number of nitrogens with zero attached hydrogens (tertiary/aromatic N) is 2. The molecule has 26 heavy (non-hydrogen) atoms. The second kappa shape index (κ2) is 8.05. The minimum atomic E-state index is -0.160. The molecule has 1 unspecified atom stereocenters. The van der Waals surface area contributed by atoms with Crippen molar-refractivity contribution in [3.8, 4) is 0 Å². The van der Waals surface area contributed by atoms with E-state index in [1.165, 1.54) is 36.9 Å². The molecule has 0 N–H and O–H groups in total. The molecular weight excluding hydrogens is 323 g/mol. The Morgan fingerprint density at radius 2 is 1.69 bits per heavy atom. The predicted molar refractivity (Wildman–Crippen MR) is 107 cm³/mol. The van der Waals surface area contributed by atoms with E-state index in [1.54, 1.807) is 12.1 Å². The molecule has 0 radical (unpaired) electrons. The third-order valence-electron chi connectivity index (χ3n) is 5.70. The van der Waals surface area contributed by atoms with Gasteiger partial charge in [0.15, 0.2) is 0 Å². The number of anilines is 1. The van der Waals surface area contributed by atoms with Crippen molar-refractivity contribution in [1.29, 1.82) is 0 Å². The molecule has 0 aromatic heterocycles.